The van der Waals surface area contributed by atoms with E-state index < -0.39 is 0 Å². The monoisotopic (exact) mass is 245 g/mol. The van der Waals surface area contributed by atoms with Crippen molar-refractivity contribution in [1.82, 2.24) is 9.80 Å². The topological polar surface area (TPSA) is 9.72 Å². The van der Waals surface area contributed by atoms with Gasteiger partial charge < -0.3 is 4.90 Å². The third-order valence-corrected chi connectivity index (χ3v) is 3.58. The number of benzene rings is 1. The molecule has 0 saturated carbocycles. The Bertz CT molecular complexity index is 398. The van der Waals surface area contributed by atoms with Crippen LogP contribution in [0.1, 0.15) is 5.56 Å². The molecule has 3 heteroatoms. The molecule has 1 aliphatic rings. The van der Waals surface area contributed by atoms with Crippen LogP contribution in [0.3, 0.4) is 0 Å². The molecular formula is C15H23N3. The molecule has 1 saturated heterocycles. The highest BCUT2D eigenvalue weighted by atomic mass is 15.4. The van der Waals surface area contributed by atoms with Crippen LogP contribution in [0.2, 0.25) is 0 Å². The number of hydrogen-bond acceptors (Lipinski definition) is 3. The van der Waals surface area contributed by atoms with Gasteiger partial charge in [0, 0.05) is 32.9 Å². The molecule has 1 fully saturated rings. The lowest BCUT2D eigenvalue weighted by Gasteiger charge is -2.21. The fourth-order valence-corrected chi connectivity index (χ4v) is 2.29. The van der Waals surface area contributed by atoms with Gasteiger partial charge >= 0.3 is 0 Å². The lowest BCUT2D eigenvalue weighted by molar-refractivity contribution is 0.239. The summed E-state index contributed by atoms with van der Waals surface area (Å²) in [4.78, 5) is 6.85. The molecule has 1 aromatic rings. The molecular weight excluding hydrogens is 222 g/mol. The second-order valence-electron chi connectivity index (χ2n) is 5.22. The maximum absolute atomic E-state index is 2.37. The Morgan fingerprint density at radius 2 is 1.61 bits per heavy atom. The molecule has 98 valence electrons. The minimum atomic E-state index is 0.429. The van der Waals surface area contributed by atoms with Gasteiger partial charge in [-0.3, -0.25) is 9.80 Å². The number of hydrogen-bond donors (Lipinski definition) is 0. The van der Waals surface area contributed by atoms with Gasteiger partial charge in [-0.2, -0.15) is 0 Å². The summed E-state index contributed by atoms with van der Waals surface area (Å²) < 4.78 is 0. The van der Waals surface area contributed by atoms with Crippen molar-refractivity contribution in [3.63, 3.8) is 0 Å². The summed E-state index contributed by atoms with van der Waals surface area (Å²) in [5.74, 6) is 0. The van der Waals surface area contributed by atoms with Crippen LogP contribution in [0.5, 0.6) is 0 Å². The molecule has 0 aromatic heterocycles. The van der Waals surface area contributed by atoms with Crippen LogP contribution in [0.15, 0.2) is 30.3 Å². The first-order chi connectivity index (χ1) is 8.58. The van der Waals surface area contributed by atoms with Crippen molar-refractivity contribution in [3.8, 4) is 0 Å². The van der Waals surface area contributed by atoms with E-state index in [9.17, 15) is 0 Å². The van der Waals surface area contributed by atoms with Gasteiger partial charge in [-0.15, -0.1) is 0 Å². The molecule has 3 nitrogen and oxygen atoms in total. The van der Waals surface area contributed by atoms with E-state index in [-0.39, 0.29) is 0 Å². The van der Waals surface area contributed by atoms with Crippen molar-refractivity contribution < 1.29 is 0 Å². The van der Waals surface area contributed by atoms with Crippen molar-refractivity contribution in [2.75, 3.05) is 46.2 Å². The lowest BCUT2D eigenvalue weighted by Crippen LogP contribution is -2.32. The molecule has 0 amide bonds. The molecule has 0 unspecified atom stereocenters. The molecule has 0 aliphatic carbocycles. The van der Waals surface area contributed by atoms with Gasteiger partial charge in [0.2, 0.25) is 0 Å². The van der Waals surface area contributed by atoms with Crippen molar-refractivity contribution >= 4 is 11.8 Å². The fraction of sp³-hybridized carbons (Fsp3) is 0.467. The average molecular weight is 245 g/mol. The minimum Gasteiger partial charge on any atom is -0.378 e. The molecule has 18 heavy (non-hydrogen) atoms. The Balaban J connectivity index is 2.04. The maximum Gasteiger partial charge on any atom is 0.0814 e. The zero-order valence-corrected chi connectivity index (χ0v) is 11.8. The van der Waals surface area contributed by atoms with Crippen molar-refractivity contribution in [3.05, 3.63) is 35.9 Å². The highest BCUT2D eigenvalue weighted by Crippen LogP contribution is 2.16. The van der Waals surface area contributed by atoms with E-state index in [0.29, 0.717) is 6.17 Å². The Labute approximate surface area is 110 Å². The van der Waals surface area contributed by atoms with E-state index >= 15 is 0 Å². The van der Waals surface area contributed by atoms with Crippen LogP contribution in [-0.4, -0.2) is 57.2 Å². The number of likely N-dealkylation sites (N-methyl/N-ethyl adjacent to an activating group) is 2. The SMILES string of the molecule is CN(C)c1ccc(C=CC2N(C)CCN2C)cc1. The first-order valence-corrected chi connectivity index (χ1v) is 6.44. The molecule has 0 bridgehead atoms. The molecule has 0 atom stereocenters. The zero-order valence-electron chi connectivity index (χ0n) is 11.8. The van der Waals surface area contributed by atoms with E-state index in [4.69, 9.17) is 0 Å². The summed E-state index contributed by atoms with van der Waals surface area (Å²) in [5.41, 5.74) is 2.50. The zero-order chi connectivity index (χ0) is 13.1. The number of anilines is 1. The van der Waals surface area contributed by atoms with E-state index in [2.05, 4.69) is 79.3 Å². The summed E-state index contributed by atoms with van der Waals surface area (Å²) >= 11 is 0. The third kappa shape index (κ3) is 2.92. The van der Waals surface area contributed by atoms with Gasteiger partial charge in [0.1, 0.15) is 0 Å². The quantitative estimate of drug-likeness (QED) is 0.806. The van der Waals surface area contributed by atoms with Crippen molar-refractivity contribution in [2.24, 2.45) is 0 Å². The average Bonchev–Trinajstić information content (AvgIpc) is 2.67. The van der Waals surface area contributed by atoms with Gasteiger partial charge in [0.15, 0.2) is 0 Å². The molecule has 0 N–H and O–H groups in total. The second-order valence-corrected chi connectivity index (χ2v) is 5.22. The summed E-state index contributed by atoms with van der Waals surface area (Å²) in [7, 11) is 8.47. The molecule has 0 radical (unpaired) electrons. The third-order valence-electron chi connectivity index (χ3n) is 3.58. The molecule has 2 rings (SSSR count). The lowest BCUT2D eigenvalue weighted by atomic mass is 10.2. The summed E-state index contributed by atoms with van der Waals surface area (Å²) in [6.45, 7) is 2.29. The summed E-state index contributed by atoms with van der Waals surface area (Å²) in [6.07, 6.45) is 4.92. The normalized spacial score (nSPS) is 18.9. The first kappa shape index (κ1) is 13.1. The number of rotatable bonds is 3. The first-order valence-electron chi connectivity index (χ1n) is 6.44. The van der Waals surface area contributed by atoms with Crippen LogP contribution in [0, 0.1) is 0 Å². The van der Waals surface area contributed by atoms with Gasteiger partial charge in [0.25, 0.3) is 0 Å². The highest BCUT2D eigenvalue weighted by molar-refractivity contribution is 5.55. The van der Waals surface area contributed by atoms with Crippen molar-refractivity contribution in [1.29, 1.82) is 0 Å². The largest absolute Gasteiger partial charge is 0.378 e. The van der Waals surface area contributed by atoms with E-state index in [1.165, 1.54) is 11.3 Å². The van der Waals surface area contributed by atoms with Crippen LogP contribution < -0.4 is 4.90 Å². The minimum absolute atomic E-state index is 0.429. The van der Waals surface area contributed by atoms with Crippen LogP contribution in [-0.2, 0) is 0 Å². The fourth-order valence-electron chi connectivity index (χ4n) is 2.29. The Morgan fingerprint density at radius 3 is 2.11 bits per heavy atom. The van der Waals surface area contributed by atoms with Crippen molar-refractivity contribution in [2.45, 2.75) is 6.17 Å². The Hall–Kier alpha value is -1.32. The predicted molar refractivity (Wildman–Crippen MR) is 78.9 cm³/mol. The number of nitrogens with zero attached hydrogens (tertiary/aromatic N) is 3. The molecule has 1 aliphatic heterocycles. The summed E-state index contributed by atoms with van der Waals surface area (Å²) in [6, 6.07) is 8.64. The highest BCUT2D eigenvalue weighted by Gasteiger charge is 2.23. The summed E-state index contributed by atoms with van der Waals surface area (Å²) in [5, 5.41) is 0. The van der Waals surface area contributed by atoms with Crippen LogP contribution in [0.4, 0.5) is 5.69 Å². The van der Waals surface area contributed by atoms with Crippen LogP contribution >= 0.6 is 0 Å². The molecule has 1 heterocycles. The Kier molecular flexibility index (Phi) is 4.04. The maximum atomic E-state index is 2.37. The van der Waals surface area contributed by atoms with E-state index in [1.54, 1.807) is 0 Å². The Morgan fingerprint density at radius 1 is 1.06 bits per heavy atom. The standard InChI is InChI=1S/C15H23N3/c1-16(2)14-8-5-13(6-9-14)7-10-15-17(3)11-12-18(15)4/h5-10,15H,11-12H2,1-4H3. The van der Waals surface area contributed by atoms with Gasteiger partial charge in [-0.1, -0.05) is 24.3 Å². The molecule has 0 spiro atoms. The van der Waals surface area contributed by atoms with Gasteiger partial charge in [-0.25, -0.2) is 0 Å². The molecule has 1 aromatic carbocycles. The van der Waals surface area contributed by atoms with E-state index in [1.807, 2.05) is 0 Å². The van der Waals surface area contributed by atoms with Gasteiger partial charge in [-0.05, 0) is 31.8 Å². The smallest absolute Gasteiger partial charge is 0.0814 e. The predicted octanol–water partition coefficient (Wildman–Crippen LogP) is 1.97. The van der Waals surface area contributed by atoms with Gasteiger partial charge in [0.05, 0.1) is 6.17 Å². The van der Waals surface area contributed by atoms with Crippen LogP contribution in [0.25, 0.3) is 6.08 Å². The van der Waals surface area contributed by atoms with E-state index in [0.717, 1.165) is 13.1 Å². The second kappa shape index (κ2) is 5.55.